The van der Waals surface area contributed by atoms with Gasteiger partial charge in [0.25, 0.3) is 0 Å². The van der Waals surface area contributed by atoms with E-state index < -0.39 is 0 Å². The Morgan fingerprint density at radius 1 is 1.09 bits per heavy atom. The molecule has 0 aliphatic carbocycles. The zero-order valence-corrected chi connectivity index (χ0v) is 18.7. The predicted octanol–water partition coefficient (Wildman–Crippen LogP) is 4.67. The third-order valence-electron chi connectivity index (χ3n) is 5.61. The number of amides is 3. The molecule has 3 aromatic rings. The first-order chi connectivity index (χ1) is 16.1. The summed E-state index contributed by atoms with van der Waals surface area (Å²) in [4.78, 5) is 30.1. The zero-order chi connectivity index (χ0) is 23.0. The van der Waals surface area contributed by atoms with Gasteiger partial charge < -0.3 is 20.3 Å². The van der Waals surface area contributed by atoms with Crippen LogP contribution in [0.25, 0.3) is 0 Å². The number of pyridine rings is 1. The first kappa shape index (κ1) is 22.3. The van der Waals surface area contributed by atoms with E-state index >= 15 is 0 Å². The minimum atomic E-state index is -0.276. The third-order valence-corrected chi connectivity index (χ3v) is 5.61. The monoisotopic (exact) mass is 444 g/mol. The Morgan fingerprint density at radius 2 is 1.88 bits per heavy atom. The van der Waals surface area contributed by atoms with Gasteiger partial charge in [-0.05, 0) is 54.8 Å². The van der Waals surface area contributed by atoms with Gasteiger partial charge in [-0.25, -0.2) is 4.79 Å². The number of aromatic nitrogens is 1. The molecule has 1 saturated heterocycles. The molecule has 0 radical (unpaired) electrons. The Kier molecular flexibility index (Phi) is 7.19. The number of urea groups is 1. The lowest BCUT2D eigenvalue weighted by molar-refractivity contribution is -0.128. The van der Waals surface area contributed by atoms with Crippen LogP contribution in [0, 0.1) is 0 Å². The van der Waals surface area contributed by atoms with Crippen LogP contribution in [0.5, 0.6) is 5.75 Å². The van der Waals surface area contributed by atoms with Gasteiger partial charge in [0, 0.05) is 43.2 Å². The smallest absolute Gasteiger partial charge is 0.319 e. The van der Waals surface area contributed by atoms with E-state index in [0.29, 0.717) is 25.3 Å². The van der Waals surface area contributed by atoms with E-state index in [4.69, 9.17) is 4.74 Å². The molecule has 7 nitrogen and oxygen atoms in total. The summed E-state index contributed by atoms with van der Waals surface area (Å²) in [6, 6.07) is 18.7. The molecule has 1 aliphatic rings. The van der Waals surface area contributed by atoms with Gasteiger partial charge in [-0.2, -0.15) is 0 Å². The van der Waals surface area contributed by atoms with Crippen LogP contribution in [-0.4, -0.2) is 28.4 Å². The van der Waals surface area contributed by atoms with Crippen molar-refractivity contribution < 1.29 is 14.3 Å². The van der Waals surface area contributed by atoms with Crippen molar-refractivity contribution in [3.63, 3.8) is 0 Å². The summed E-state index contributed by atoms with van der Waals surface area (Å²) in [5, 5.41) is 5.81. The molecule has 2 N–H and O–H groups in total. The molecule has 7 heteroatoms. The number of carbonyl (C=O) groups is 2. The summed E-state index contributed by atoms with van der Waals surface area (Å²) in [7, 11) is 0. The first-order valence-corrected chi connectivity index (χ1v) is 11.1. The van der Waals surface area contributed by atoms with Crippen LogP contribution < -0.4 is 15.4 Å². The van der Waals surface area contributed by atoms with Crippen molar-refractivity contribution in [2.45, 2.75) is 39.0 Å². The van der Waals surface area contributed by atoms with E-state index in [1.54, 1.807) is 12.4 Å². The third kappa shape index (κ3) is 6.32. The predicted molar refractivity (Wildman–Crippen MR) is 127 cm³/mol. The van der Waals surface area contributed by atoms with E-state index in [2.05, 4.69) is 15.6 Å². The zero-order valence-electron chi connectivity index (χ0n) is 18.7. The molecule has 1 aliphatic heterocycles. The molecule has 1 aromatic heterocycles. The molecule has 0 spiro atoms. The lowest BCUT2D eigenvalue weighted by atomic mass is 10.1. The van der Waals surface area contributed by atoms with E-state index in [1.165, 1.54) is 0 Å². The molecule has 0 saturated carbocycles. The molecule has 2 heterocycles. The Morgan fingerprint density at radius 3 is 2.55 bits per heavy atom. The van der Waals surface area contributed by atoms with Crippen molar-refractivity contribution in [2.24, 2.45) is 0 Å². The Balaban J connectivity index is 1.24. The highest BCUT2D eigenvalue weighted by Gasteiger charge is 2.19. The summed E-state index contributed by atoms with van der Waals surface area (Å²) in [6.07, 6.45) is 5.08. The normalized spacial score (nSPS) is 14.1. The van der Waals surface area contributed by atoms with Gasteiger partial charge in [0.2, 0.25) is 5.91 Å². The number of nitrogens with one attached hydrogen (secondary N) is 2. The summed E-state index contributed by atoms with van der Waals surface area (Å²) < 4.78 is 5.78. The number of hydrogen-bond donors (Lipinski definition) is 2. The molecule has 1 unspecified atom stereocenters. The summed E-state index contributed by atoms with van der Waals surface area (Å²) in [6.45, 7) is 3.82. The van der Waals surface area contributed by atoms with Crippen LogP contribution in [0.4, 0.5) is 10.5 Å². The van der Waals surface area contributed by atoms with Gasteiger partial charge in [0.1, 0.15) is 12.4 Å². The molecular weight excluding hydrogens is 416 g/mol. The highest BCUT2D eigenvalue weighted by atomic mass is 16.5. The van der Waals surface area contributed by atoms with E-state index in [9.17, 15) is 9.59 Å². The van der Waals surface area contributed by atoms with Crippen molar-refractivity contribution in [3.8, 4) is 5.75 Å². The van der Waals surface area contributed by atoms with Crippen LogP contribution in [0.15, 0.2) is 73.1 Å². The van der Waals surface area contributed by atoms with Crippen molar-refractivity contribution in [3.05, 3.63) is 89.7 Å². The summed E-state index contributed by atoms with van der Waals surface area (Å²) in [5.41, 5.74) is 3.74. The number of anilines is 1. The van der Waals surface area contributed by atoms with Gasteiger partial charge in [-0.3, -0.25) is 9.78 Å². The minimum absolute atomic E-state index is 0.169. The molecule has 33 heavy (non-hydrogen) atoms. The van der Waals surface area contributed by atoms with Crippen LogP contribution in [-0.2, 0) is 17.9 Å². The number of hydrogen-bond acceptors (Lipinski definition) is 4. The van der Waals surface area contributed by atoms with Crippen LogP contribution >= 0.6 is 0 Å². The molecular formula is C26H28N4O3. The quantitative estimate of drug-likeness (QED) is 0.529. The average molecular weight is 445 g/mol. The number of benzene rings is 2. The van der Waals surface area contributed by atoms with Gasteiger partial charge in [-0.15, -0.1) is 0 Å². The molecule has 3 amide bonds. The average Bonchev–Trinajstić information content (AvgIpc) is 3.24. The summed E-state index contributed by atoms with van der Waals surface area (Å²) in [5.74, 6) is 0.966. The standard InChI is InChI=1S/C26H28N4O3/c1-19(22-8-12-24(13-9-22)33-18-21-4-2-14-27-16-21)28-26(32)29-23-10-6-20(7-11-23)17-30-15-3-5-25(30)31/h2,4,6-14,16,19H,3,5,15,17-18H2,1H3,(H2,28,29,32). The lowest BCUT2D eigenvalue weighted by Gasteiger charge is -2.17. The molecule has 1 atom stereocenters. The first-order valence-electron chi connectivity index (χ1n) is 11.1. The number of ether oxygens (including phenoxy) is 1. The van der Waals surface area contributed by atoms with E-state index in [-0.39, 0.29) is 18.0 Å². The van der Waals surface area contributed by atoms with Crippen LogP contribution in [0.3, 0.4) is 0 Å². The Bertz CT molecular complexity index is 1070. The molecule has 170 valence electrons. The van der Waals surface area contributed by atoms with Crippen molar-refractivity contribution >= 4 is 17.6 Å². The molecule has 1 fully saturated rings. The number of rotatable bonds is 8. The topological polar surface area (TPSA) is 83.6 Å². The van der Waals surface area contributed by atoms with Gasteiger partial charge in [0.05, 0.1) is 6.04 Å². The SMILES string of the molecule is CC(NC(=O)Nc1ccc(CN2CCCC2=O)cc1)c1ccc(OCc2cccnc2)cc1. The second kappa shape index (κ2) is 10.6. The fourth-order valence-corrected chi connectivity index (χ4v) is 3.74. The van der Waals surface area contributed by atoms with E-state index in [1.807, 2.05) is 72.5 Å². The largest absolute Gasteiger partial charge is 0.489 e. The number of likely N-dealkylation sites (tertiary alicyclic amines) is 1. The van der Waals surface area contributed by atoms with Gasteiger partial charge >= 0.3 is 6.03 Å². The van der Waals surface area contributed by atoms with Crippen molar-refractivity contribution in [1.82, 2.24) is 15.2 Å². The number of nitrogens with zero attached hydrogens (tertiary/aromatic N) is 2. The second-order valence-electron chi connectivity index (χ2n) is 8.15. The van der Waals surface area contributed by atoms with E-state index in [0.717, 1.165) is 35.4 Å². The fourth-order valence-electron chi connectivity index (χ4n) is 3.74. The fraction of sp³-hybridized carbons (Fsp3) is 0.269. The second-order valence-corrected chi connectivity index (χ2v) is 8.15. The van der Waals surface area contributed by atoms with Crippen LogP contribution in [0.1, 0.15) is 42.5 Å². The van der Waals surface area contributed by atoms with Gasteiger partial charge in [-0.1, -0.05) is 30.3 Å². The maximum Gasteiger partial charge on any atom is 0.319 e. The van der Waals surface area contributed by atoms with Crippen molar-refractivity contribution in [1.29, 1.82) is 0 Å². The molecule has 0 bridgehead atoms. The molecule has 4 rings (SSSR count). The lowest BCUT2D eigenvalue weighted by Crippen LogP contribution is -2.31. The highest BCUT2D eigenvalue weighted by molar-refractivity contribution is 5.89. The Labute approximate surface area is 193 Å². The Hall–Kier alpha value is -3.87. The van der Waals surface area contributed by atoms with Gasteiger partial charge in [0.15, 0.2) is 0 Å². The number of carbonyl (C=O) groups excluding carboxylic acids is 2. The molecule has 2 aromatic carbocycles. The maximum atomic E-state index is 12.4. The van der Waals surface area contributed by atoms with Crippen LogP contribution in [0.2, 0.25) is 0 Å². The van der Waals surface area contributed by atoms with Crippen molar-refractivity contribution in [2.75, 3.05) is 11.9 Å². The summed E-state index contributed by atoms with van der Waals surface area (Å²) >= 11 is 0. The maximum absolute atomic E-state index is 12.4. The highest BCUT2D eigenvalue weighted by Crippen LogP contribution is 2.20. The minimum Gasteiger partial charge on any atom is -0.489 e.